The van der Waals surface area contributed by atoms with Gasteiger partial charge in [-0.2, -0.15) is 0 Å². The van der Waals surface area contributed by atoms with Crippen LogP contribution in [0.1, 0.15) is 0 Å². The monoisotopic (exact) mass is 352 g/mol. The summed E-state index contributed by atoms with van der Waals surface area (Å²) in [5.74, 6) is 0.822. The van der Waals surface area contributed by atoms with Gasteiger partial charge in [-0.05, 0) is 29.0 Å². The first-order valence-electron chi connectivity index (χ1n) is 5.52. The Bertz CT molecular complexity index is 534. The summed E-state index contributed by atoms with van der Waals surface area (Å²) in [6.45, 7) is 0.851. The van der Waals surface area contributed by atoms with Crippen LogP contribution in [-0.2, 0) is 10.0 Å². The third kappa shape index (κ3) is 4.07. The highest BCUT2D eigenvalue weighted by Gasteiger charge is 2.20. The molecule has 6 nitrogen and oxygen atoms in total. The minimum absolute atomic E-state index is 0.112. The first-order valence-corrected chi connectivity index (χ1v) is 7.79. The molecule has 0 fully saturated rings. The normalized spacial score (nSPS) is 11.4. The Morgan fingerprint density at radius 2 is 1.74 bits per heavy atom. The fourth-order valence-corrected chi connectivity index (χ4v) is 3.50. The molecule has 0 atom stereocenters. The second kappa shape index (κ2) is 7.09. The molecule has 0 unspecified atom stereocenters. The second-order valence-corrected chi connectivity index (χ2v) is 6.23. The standard InChI is InChI=1S/C11H17BrN2O4S/c1-13-4-5-14-19(15,16)11-7-10(18-3)9(17-2)6-8(11)12/h6-7,13-14H,4-5H2,1-3H3. The van der Waals surface area contributed by atoms with Crippen molar-refractivity contribution in [2.24, 2.45) is 0 Å². The van der Waals surface area contributed by atoms with E-state index in [4.69, 9.17) is 9.47 Å². The minimum Gasteiger partial charge on any atom is -0.493 e. The molecule has 2 N–H and O–H groups in total. The summed E-state index contributed by atoms with van der Waals surface area (Å²) in [7, 11) is 1.10. The van der Waals surface area contributed by atoms with Gasteiger partial charge in [-0.1, -0.05) is 0 Å². The molecule has 1 aromatic carbocycles. The molecule has 0 heterocycles. The van der Waals surface area contributed by atoms with Crippen LogP contribution in [0, 0.1) is 0 Å². The molecule has 0 aromatic heterocycles. The van der Waals surface area contributed by atoms with Crippen molar-refractivity contribution in [3.63, 3.8) is 0 Å². The first-order chi connectivity index (χ1) is 8.96. The number of likely N-dealkylation sites (N-methyl/N-ethyl adjacent to an activating group) is 1. The number of nitrogens with one attached hydrogen (secondary N) is 2. The number of hydrogen-bond acceptors (Lipinski definition) is 5. The minimum atomic E-state index is -3.59. The van der Waals surface area contributed by atoms with E-state index in [0.717, 1.165) is 0 Å². The average Bonchev–Trinajstić information content (AvgIpc) is 2.38. The molecular weight excluding hydrogens is 336 g/mol. The summed E-state index contributed by atoms with van der Waals surface area (Å²) in [5, 5.41) is 2.86. The summed E-state index contributed by atoms with van der Waals surface area (Å²) in [4.78, 5) is 0.112. The van der Waals surface area contributed by atoms with Crippen LogP contribution < -0.4 is 19.5 Å². The number of ether oxygens (including phenoxy) is 2. The average molecular weight is 353 g/mol. The molecule has 0 saturated carbocycles. The fourth-order valence-electron chi connectivity index (χ4n) is 1.43. The highest BCUT2D eigenvalue weighted by atomic mass is 79.9. The zero-order chi connectivity index (χ0) is 14.5. The lowest BCUT2D eigenvalue weighted by Crippen LogP contribution is -2.30. The van der Waals surface area contributed by atoms with Crippen molar-refractivity contribution in [2.75, 3.05) is 34.4 Å². The van der Waals surface area contributed by atoms with Crippen molar-refractivity contribution in [1.82, 2.24) is 10.0 Å². The number of rotatable bonds is 7. The number of methoxy groups -OCH3 is 2. The van der Waals surface area contributed by atoms with Gasteiger partial charge < -0.3 is 14.8 Å². The van der Waals surface area contributed by atoms with Gasteiger partial charge >= 0.3 is 0 Å². The van der Waals surface area contributed by atoms with Gasteiger partial charge in [0, 0.05) is 23.6 Å². The molecule has 0 aliphatic rings. The van der Waals surface area contributed by atoms with Crippen molar-refractivity contribution in [1.29, 1.82) is 0 Å². The van der Waals surface area contributed by atoms with Crippen LogP contribution in [-0.4, -0.2) is 42.8 Å². The first kappa shape index (κ1) is 16.2. The predicted octanol–water partition coefficient (Wildman–Crippen LogP) is 0.964. The lowest BCUT2D eigenvalue weighted by atomic mass is 10.3. The highest BCUT2D eigenvalue weighted by Crippen LogP contribution is 2.35. The topological polar surface area (TPSA) is 76.7 Å². The number of benzene rings is 1. The van der Waals surface area contributed by atoms with Crippen molar-refractivity contribution in [2.45, 2.75) is 4.90 Å². The van der Waals surface area contributed by atoms with Crippen molar-refractivity contribution in [3.05, 3.63) is 16.6 Å². The summed E-state index contributed by atoms with van der Waals surface area (Å²) in [6, 6.07) is 2.98. The molecular formula is C11H17BrN2O4S. The van der Waals surface area contributed by atoms with E-state index in [2.05, 4.69) is 26.0 Å². The van der Waals surface area contributed by atoms with Crippen LogP contribution in [0.3, 0.4) is 0 Å². The maximum Gasteiger partial charge on any atom is 0.241 e. The molecule has 1 rings (SSSR count). The third-order valence-electron chi connectivity index (χ3n) is 2.39. The van der Waals surface area contributed by atoms with Gasteiger partial charge in [-0.15, -0.1) is 0 Å². The lowest BCUT2D eigenvalue weighted by Gasteiger charge is -2.13. The SMILES string of the molecule is CNCCNS(=O)(=O)c1cc(OC)c(OC)cc1Br. The maximum absolute atomic E-state index is 12.1. The van der Waals surface area contributed by atoms with Gasteiger partial charge in [0.15, 0.2) is 11.5 Å². The summed E-state index contributed by atoms with van der Waals surface area (Å²) >= 11 is 3.23. The highest BCUT2D eigenvalue weighted by molar-refractivity contribution is 9.10. The van der Waals surface area contributed by atoms with E-state index >= 15 is 0 Å². The van der Waals surface area contributed by atoms with Gasteiger partial charge in [0.2, 0.25) is 10.0 Å². The van der Waals surface area contributed by atoms with Crippen molar-refractivity contribution >= 4 is 26.0 Å². The Hall–Kier alpha value is -0.830. The van der Waals surface area contributed by atoms with Gasteiger partial charge in [-0.3, -0.25) is 0 Å². The Labute approximate surface area is 121 Å². The quantitative estimate of drug-likeness (QED) is 0.715. The molecule has 8 heteroatoms. The molecule has 19 heavy (non-hydrogen) atoms. The third-order valence-corrected chi connectivity index (χ3v) is 4.81. The van der Waals surface area contributed by atoms with Crippen molar-refractivity contribution in [3.8, 4) is 11.5 Å². The molecule has 1 aromatic rings. The molecule has 0 saturated heterocycles. The molecule has 0 spiro atoms. The van der Waals surface area contributed by atoms with E-state index in [1.165, 1.54) is 20.3 Å². The Morgan fingerprint density at radius 1 is 1.16 bits per heavy atom. The second-order valence-electron chi connectivity index (χ2n) is 3.64. The summed E-state index contributed by atoms with van der Waals surface area (Å²) < 4.78 is 37.4. The van der Waals surface area contributed by atoms with Crippen molar-refractivity contribution < 1.29 is 17.9 Å². The molecule has 0 radical (unpaired) electrons. The van der Waals surface area contributed by atoms with Gasteiger partial charge in [0.1, 0.15) is 4.90 Å². The summed E-state index contributed by atoms with van der Waals surface area (Å²) in [5.41, 5.74) is 0. The molecule has 0 bridgehead atoms. The van der Waals surface area contributed by atoms with Gasteiger partial charge in [-0.25, -0.2) is 13.1 Å². The fraction of sp³-hybridized carbons (Fsp3) is 0.455. The number of sulfonamides is 1. The van der Waals surface area contributed by atoms with E-state index in [-0.39, 0.29) is 4.90 Å². The van der Waals surface area contributed by atoms with Crippen LogP contribution >= 0.6 is 15.9 Å². The largest absolute Gasteiger partial charge is 0.493 e. The van der Waals surface area contributed by atoms with Gasteiger partial charge in [0.05, 0.1) is 14.2 Å². The zero-order valence-electron chi connectivity index (χ0n) is 11.0. The molecule has 0 aliphatic heterocycles. The van der Waals surface area contributed by atoms with Crippen LogP contribution in [0.2, 0.25) is 0 Å². The van der Waals surface area contributed by atoms with E-state index in [1.807, 2.05) is 0 Å². The van der Waals surface area contributed by atoms with Crippen LogP contribution in [0.15, 0.2) is 21.5 Å². The predicted molar refractivity (Wildman–Crippen MR) is 76.4 cm³/mol. The molecule has 0 aliphatic carbocycles. The molecule has 108 valence electrons. The Kier molecular flexibility index (Phi) is 6.05. The van der Waals surface area contributed by atoms with E-state index in [9.17, 15) is 8.42 Å². The number of hydrogen-bond donors (Lipinski definition) is 2. The molecule has 0 amide bonds. The lowest BCUT2D eigenvalue weighted by molar-refractivity contribution is 0.353. The Morgan fingerprint density at radius 3 is 2.26 bits per heavy atom. The maximum atomic E-state index is 12.1. The van der Waals surface area contributed by atoms with Gasteiger partial charge in [0.25, 0.3) is 0 Å². The smallest absolute Gasteiger partial charge is 0.241 e. The van der Waals surface area contributed by atoms with E-state index in [0.29, 0.717) is 29.1 Å². The van der Waals surface area contributed by atoms with E-state index < -0.39 is 10.0 Å². The Balaban J connectivity index is 3.12. The summed E-state index contributed by atoms with van der Waals surface area (Å²) in [6.07, 6.45) is 0. The van der Waals surface area contributed by atoms with Crippen LogP contribution in [0.4, 0.5) is 0 Å². The number of halogens is 1. The van der Waals surface area contributed by atoms with Crippen LogP contribution in [0.25, 0.3) is 0 Å². The van der Waals surface area contributed by atoms with Crippen LogP contribution in [0.5, 0.6) is 11.5 Å². The zero-order valence-corrected chi connectivity index (χ0v) is 13.4. The van der Waals surface area contributed by atoms with E-state index in [1.54, 1.807) is 13.1 Å².